The lowest BCUT2D eigenvalue weighted by atomic mass is 10.2. The number of hydrogen-bond acceptors (Lipinski definition) is 8. The van der Waals surface area contributed by atoms with Crippen LogP contribution in [0.15, 0.2) is 59.8 Å². The van der Waals surface area contributed by atoms with E-state index in [2.05, 4.69) is 15.4 Å². The molecule has 1 N–H and O–H groups in total. The Hall–Kier alpha value is -4.74. The molecule has 0 unspecified atom stereocenters. The van der Waals surface area contributed by atoms with Crippen molar-refractivity contribution in [2.45, 2.75) is 13.1 Å². The van der Waals surface area contributed by atoms with Gasteiger partial charge in [0.25, 0.3) is 17.2 Å². The van der Waals surface area contributed by atoms with Crippen LogP contribution in [0.3, 0.4) is 0 Å². The Morgan fingerprint density at radius 3 is 2.43 bits per heavy atom. The van der Waals surface area contributed by atoms with E-state index < -0.39 is 4.92 Å². The maximum atomic E-state index is 12.9. The summed E-state index contributed by atoms with van der Waals surface area (Å²) in [5.74, 6) is 0.695. The van der Waals surface area contributed by atoms with Crippen molar-refractivity contribution in [3.8, 4) is 11.5 Å². The number of non-ortho nitro benzene ring substituents is 1. The van der Waals surface area contributed by atoms with E-state index in [1.165, 1.54) is 43.4 Å². The molecule has 2 aromatic heterocycles. The normalized spacial score (nSPS) is 10.8. The van der Waals surface area contributed by atoms with Gasteiger partial charge in [0.15, 0.2) is 5.65 Å². The Morgan fingerprint density at radius 2 is 1.80 bits per heavy atom. The largest absolute Gasteiger partial charge is 0.497 e. The summed E-state index contributed by atoms with van der Waals surface area (Å²) in [7, 11) is 3.01. The molecule has 0 aliphatic heterocycles. The highest BCUT2D eigenvalue weighted by Gasteiger charge is 2.13. The summed E-state index contributed by atoms with van der Waals surface area (Å²) in [4.78, 5) is 40.1. The molecule has 0 saturated carbocycles. The van der Waals surface area contributed by atoms with Crippen LogP contribution in [-0.4, -0.2) is 50.9 Å². The first kappa shape index (κ1) is 23.4. The fraction of sp³-hybridized carbons (Fsp3) is 0.217. The quantitative estimate of drug-likeness (QED) is 0.284. The van der Waals surface area contributed by atoms with E-state index in [4.69, 9.17) is 9.47 Å². The standard InChI is InChI=1S/C23H22N6O6/c1-34-18-9-16(10-19(11-18)35-2)22(30)24-7-8-28-21-20(12-26-28)23(31)27(14-25-21)13-15-3-5-17(6-4-15)29(32)33/h3-6,9-12,14H,7-8,13H2,1-2H3,(H,24,30). The highest BCUT2D eigenvalue weighted by Crippen LogP contribution is 2.22. The molecule has 35 heavy (non-hydrogen) atoms. The zero-order valence-electron chi connectivity index (χ0n) is 19.0. The van der Waals surface area contributed by atoms with Gasteiger partial charge in [0, 0.05) is 30.3 Å². The molecule has 12 heteroatoms. The molecule has 12 nitrogen and oxygen atoms in total. The number of rotatable bonds is 9. The van der Waals surface area contributed by atoms with Crippen LogP contribution in [0.2, 0.25) is 0 Å². The van der Waals surface area contributed by atoms with Gasteiger partial charge in [-0.1, -0.05) is 12.1 Å². The van der Waals surface area contributed by atoms with Gasteiger partial charge in [-0.2, -0.15) is 5.10 Å². The van der Waals surface area contributed by atoms with E-state index in [0.717, 1.165) is 5.56 Å². The topological polar surface area (TPSA) is 143 Å². The molecule has 0 aliphatic carbocycles. The number of fused-ring (bicyclic) bond motifs is 1. The average Bonchev–Trinajstić information content (AvgIpc) is 3.29. The molecule has 1 amide bonds. The second-order valence-electron chi connectivity index (χ2n) is 7.56. The van der Waals surface area contributed by atoms with Crippen molar-refractivity contribution in [2.75, 3.05) is 20.8 Å². The van der Waals surface area contributed by atoms with Crippen molar-refractivity contribution < 1.29 is 19.2 Å². The van der Waals surface area contributed by atoms with Gasteiger partial charge >= 0.3 is 0 Å². The minimum Gasteiger partial charge on any atom is -0.497 e. The number of nitrogens with zero attached hydrogens (tertiary/aromatic N) is 5. The van der Waals surface area contributed by atoms with E-state index in [0.29, 0.717) is 34.6 Å². The van der Waals surface area contributed by atoms with E-state index in [9.17, 15) is 19.7 Å². The summed E-state index contributed by atoms with van der Waals surface area (Å²) in [6.45, 7) is 0.767. The number of nitro benzene ring substituents is 1. The summed E-state index contributed by atoms with van der Waals surface area (Å²) < 4.78 is 13.3. The molecule has 2 heterocycles. The highest BCUT2D eigenvalue weighted by atomic mass is 16.6. The SMILES string of the molecule is COc1cc(OC)cc(C(=O)NCCn2ncc3c(=O)n(Cc4ccc([N+](=O)[O-])cc4)cnc32)c1. The van der Waals surface area contributed by atoms with Crippen LogP contribution in [0.25, 0.3) is 11.0 Å². The number of amides is 1. The number of aromatic nitrogens is 4. The Morgan fingerprint density at radius 1 is 1.11 bits per heavy atom. The molecule has 0 bridgehead atoms. The predicted molar refractivity (Wildman–Crippen MR) is 126 cm³/mol. The zero-order valence-corrected chi connectivity index (χ0v) is 19.0. The fourth-order valence-corrected chi connectivity index (χ4v) is 3.51. The van der Waals surface area contributed by atoms with Gasteiger partial charge in [-0.25, -0.2) is 9.67 Å². The van der Waals surface area contributed by atoms with Gasteiger partial charge in [-0.15, -0.1) is 0 Å². The summed E-state index contributed by atoms with van der Waals surface area (Å²) >= 11 is 0. The smallest absolute Gasteiger partial charge is 0.269 e. The van der Waals surface area contributed by atoms with Crippen LogP contribution in [0.5, 0.6) is 11.5 Å². The van der Waals surface area contributed by atoms with Gasteiger partial charge in [0.1, 0.15) is 23.2 Å². The third kappa shape index (κ3) is 5.11. The minimum absolute atomic E-state index is 0.0198. The first-order valence-corrected chi connectivity index (χ1v) is 10.5. The molecule has 0 radical (unpaired) electrons. The molecule has 0 fully saturated rings. The number of methoxy groups -OCH3 is 2. The molecular weight excluding hydrogens is 456 g/mol. The van der Waals surface area contributed by atoms with E-state index in [-0.39, 0.29) is 30.2 Å². The van der Waals surface area contributed by atoms with Crippen LogP contribution in [0.4, 0.5) is 5.69 Å². The summed E-state index contributed by atoms with van der Waals surface area (Å²) in [6.07, 6.45) is 2.84. The maximum Gasteiger partial charge on any atom is 0.269 e. The molecule has 0 saturated heterocycles. The average molecular weight is 478 g/mol. The second-order valence-corrected chi connectivity index (χ2v) is 7.56. The number of nitrogens with one attached hydrogen (secondary N) is 1. The van der Waals surface area contributed by atoms with Crippen LogP contribution in [-0.2, 0) is 13.1 Å². The molecule has 4 rings (SSSR count). The monoisotopic (exact) mass is 478 g/mol. The Balaban J connectivity index is 1.44. The third-order valence-electron chi connectivity index (χ3n) is 5.35. The number of hydrogen-bond donors (Lipinski definition) is 1. The Labute approximate surface area is 198 Å². The molecule has 180 valence electrons. The Kier molecular flexibility index (Phi) is 6.71. The van der Waals surface area contributed by atoms with Crippen molar-refractivity contribution in [2.24, 2.45) is 0 Å². The van der Waals surface area contributed by atoms with E-state index in [1.54, 1.807) is 35.0 Å². The molecule has 4 aromatic rings. The van der Waals surface area contributed by atoms with Gasteiger partial charge in [-0.3, -0.25) is 24.3 Å². The van der Waals surface area contributed by atoms with Crippen LogP contribution in [0.1, 0.15) is 15.9 Å². The maximum absolute atomic E-state index is 12.9. The third-order valence-corrected chi connectivity index (χ3v) is 5.35. The van der Waals surface area contributed by atoms with Gasteiger partial charge in [0.2, 0.25) is 0 Å². The predicted octanol–water partition coefficient (Wildman–Crippen LogP) is 2.00. The number of carbonyl (C=O) groups is 1. The summed E-state index contributed by atoms with van der Waals surface area (Å²) in [5, 5.41) is 18.2. The summed E-state index contributed by atoms with van der Waals surface area (Å²) in [5.41, 5.74) is 1.20. The Bertz CT molecular complexity index is 1420. The van der Waals surface area contributed by atoms with Crippen molar-refractivity contribution in [1.82, 2.24) is 24.6 Å². The van der Waals surface area contributed by atoms with Crippen molar-refractivity contribution in [1.29, 1.82) is 0 Å². The molecule has 2 aromatic carbocycles. The molecule has 0 aliphatic rings. The fourth-order valence-electron chi connectivity index (χ4n) is 3.51. The van der Waals surface area contributed by atoms with Crippen LogP contribution in [0, 0.1) is 10.1 Å². The van der Waals surface area contributed by atoms with E-state index >= 15 is 0 Å². The lowest BCUT2D eigenvalue weighted by Crippen LogP contribution is -2.28. The van der Waals surface area contributed by atoms with Gasteiger partial charge < -0.3 is 14.8 Å². The van der Waals surface area contributed by atoms with Gasteiger partial charge in [-0.05, 0) is 17.7 Å². The lowest BCUT2D eigenvalue weighted by Gasteiger charge is -2.10. The van der Waals surface area contributed by atoms with Crippen LogP contribution < -0.4 is 20.3 Å². The molecule has 0 atom stereocenters. The molecular formula is C23H22N6O6. The second kappa shape index (κ2) is 10.0. The van der Waals surface area contributed by atoms with E-state index in [1.807, 2.05) is 0 Å². The molecule has 0 spiro atoms. The van der Waals surface area contributed by atoms with Gasteiger partial charge in [0.05, 0.1) is 38.4 Å². The first-order valence-electron chi connectivity index (χ1n) is 10.5. The number of nitro groups is 1. The highest BCUT2D eigenvalue weighted by molar-refractivity contribution is 5.95. The number of carbonyl (C=O) groups excluding carboxylic acids is 1. The lowest BCUT2D eigenvalue weighted by molar-refractivity contribution is -0.384. The van der Waals surface area contributed by atoms with Crippen LogP contribution >= 0.6 is 0 Å². The first-order chi connectivity index (χ1) is 16.9. The number of benzene rings is 2. The summed E-state index contributed by atoms with van der Waals surface area (Å²) in [6, 6.07) is 10.9. The minimum atomic E-state index is -0.478. The van der Waals surface area contributed by atoms with Crippen molar-refractivity contribution in [3.05, 3.63) is 86.6 Å². The zero-order chi connectivity index (χ0) is 24.9. The van der Waals surface area contributed by atoms with Crippen molar-refractivity contribution >= 4 is 22.6 Å². The number of ether oxygens (including phenoxy) is 2. The van der Waals surface area contributed by atoms with Crippen molar-refractivity contribution in [3.63, 3.8) is 0 Å².